The van der Waals surface area contributed by atoms with Crippen molar-refractivity contribution in [2.45, 2.75) is 38.0 Å². The lowest BCUT2D eigenvalue weighted by molar-refractivity contribution is 0.107. The molecule has 0 amide bonds. The molecular formula is C13H17Cl2NO. The molecule has 0 aliphatic heterocycles. The molecule has 17 heavy (non-hydrogen) atoms. The van der Waals surface area contributed by atoms with Crippen LogP contribution in [-0.2, 0) is 11.3 Å². The number of rotatable bonds is 4. The van der Waals surface area contributed by atoms with E-state index in [4.69, 9.17) is 27.9 Å². The highest BCUT2D eigenvalue weighted by Gasteiger charge is 2.23. The van der Waals surface area contributed by atoms with Crippen LogP contribution in [0.25, 0.3) is 0 Å². The zero-order chi connectivity index (χ0) is 12.3. The van der Waals surface area contributed by atoms with Crippen LogP contribution in [0.2, 0.25) is 10.0 Å². The molecule has 1 aromatic rings. The van der Waals surface area contributed by atoms with E-state index in [0.29, 0.717) is 22.2 Å². The Balaban J connectivity index is 1.84. The lowest BCUT2D eigenvalue weighted by Gasteiger charge is -2.13. The first-order valence-electron chi connectivity index (χ1n) is 5.89. The smallest absolute Gasteiger partial charge is 0.0595 e. The fourth-order valence-electron chi connectivity index (χ4n) is 2.25. The SMILES string of the molecule is COC1CCC(NCc2ccc(Cl)c(Cl)c2)C1. The van der Waals surface area contributed by atoms with Gasteiger partial charge in [-0.1, -0.05) is 29.3 Å². The summed E-state index contributed by atoms with van der Waals surface area (Å²) in [6, 6.07) is 6.31. The van der Waals surface area contributed by atoms with Gasteiger partial charge in [0.2, 0.25) is 0 Å². The Bertz CT molecular complexity index is 384. The Morgan fingerprint density at radius 3 is 2.76 bits per heavy atom. The number of hydrogen-bond donors (Lipinski definition) is 1. The number of methoxy groups -OCH3 is 1. The van der Waals surface area contributed by atoms with E-state index in [0.717, 1.165) is 19.4 Å². The minimum absolute atomic E-state index is 0.418. The summed E-state index contributed by atoms with van der Waals surface area (Å²) in [6.45, 7) is 0.831. The third-order valence-corrected chi connectivity index (χ3v) is 4.04. The van der Waals surface area contributed by atoms with Gasteiger partial charge >= 0.3 is 0 Å². The van der Waals surface area contributed by atoms with Crippen LogP contribution in [0.1, 0.15) is 24.8 Å². The quantitative estimate of drug-likeness (QED) is 0.904. The van der Waals surface area contributed by atoms with Gasteiger partial charge < -0.3 is 10.1 Å². The number of benzene rings is 1. The van der Waals surface area contributed by atoms with Gasteiger partial charge in [-0.3, -0.25) is 0 Å². The second kappa shape index (κ2) is 6.05. The van der Waals surface area contributed by atoms with Crippen molar-refractivity contribution in [1.29, 1.82) is 0 Å². The highest BCUT2D eigenvalue weighted by Crippen LogP contribution is 2.24. The van der Waals surface area contributed by atoms with Crippen LogP contribution in [0, 0.1) is 0 Å². The van der Waals surface area contributed by atoms with E-state index in [1.807, 2.05) is 18.2 Å². The van der Waals surface area contributed by atoms with Crippen LogP contribution in [0.5, 0.6) is 0 Å². The molecule has 0 radical (unpaired) electrons. The maximum atomic E-state index is 5.98. The molecule has 0 heterocycles. The summed E-state index contributed by atoms with van der Waals surface area (Å²) < 4.78 is 5.35. The van der Waals surface area contributed by atoms with Gasteiger partial charge in [-0.25, -0.2) is 0 Å². The molecule has 4 heteroatoms. The third-order valence-electron chi connectivity index (χ3n) is 3.30. The standard InChI is InChI=1S/C13H17Cl2NO/c1-17-11-4-3-10(7-11)16-8-9-2-5-12(14)13(15)6-9/h2,5-6,10-11,16H,3-4,7-8H2,1H3. The molecule has 94 valence electrons. The summed E-state index contributed by atoms with van der Waals surface area (Å²) in [5, 5.41) is 4.75. The van der Waals surface area contributed by atoms with Crippen LogP contribution in [0.4, 0.5) is 0 Å². The van der Waals surface area contributed by atoms with Crippen molar-refractivity contribution < 1.29 is 4.74 Å². The highest BCUT2D eigenvalue weighted by atomic mass is 35.5. The number of hydrogen-bond acceptors (Lipinski definition) is 2. The Labute approximate surface area is 112 Å². The van der Waals surface area contributed by atoms with Gasteiger partial charge in [0.1, 0.15) is 0 Å². The molecule has 2 unspecified atom stereocenters. The van der Waals surface area contributed by atoms with Gasteiger partial charge in [-0.2, -0.15) is 0 Å². The van der Waals surface area contributed by atoms with E-state index in [1.54, 1.807) is 7.11 Å². The van der Waals surface area contributed by atoms with Crippen molar-refractivity contribution in [2.75, 3.05) is 7.11 Å². The Hall–Kier alpha value is -0.280. The van der Waals surface area contributed by atoms with Crippen LogP contribution in [0.15, 0.2) is 18.2 Å². The molecule has 0 bridgehead atoms. The summed E-state index contributed by atoms with van der Waals surface area (Å²) in [6.07, 6.45) is 3.84. The van der Waals surface area contributed by atoms with Gasteiger partial charge in [0, 0.05) is 19.7 Å². The van der Waals surface area contributed by atoms with E-state index in [9.17, 15) is 0 Å². The minimum Gasteiger partial charge on any atom is -0.381 e. The predicted octanol–water partition coefficient (Wildman–Crippen LogP) is 3.65. The molecule has 2 nitrogen and oxygen atoms in total. The van der Waals surface area contributed by atoms with Gasteiger partial charge in [0.25, 0.3) is 0 Å². The van der Waals surface area contributed by atoms with Crippen molar-refractivity contribution in [3.8, 4) is 0 Å². The van der Waals surface area contributed by atoms with Crippen LogP contribution in [-0.4, -0.2) is 19.3 Å². The normalized spacial score (nSPS) is 24.2. The van der Waals surface area contributed by atoms with Gasteiger partial charge in [0.15, 0.2) is 0 Å². The maximum absolute atomic E-state index is 5.98. The summed E-state index contributed by atoms with van der Waals surface area (Å²) in [7, 11) is 1.78. The lowest BCUT2D eigenvalue weighted by Crippen LogP contribution is -2.26. The van der Waals surface area contributed by atoms with E-state index >= 15 is 0 Å². The molecule has 0 saturated heterocycles. The molecule has 2 rings (SSSR count). The summed E-state index contributed by atoms with van der Waals surface area (Å²) in [5.74, 6) is 0. The molecule has 1 fully saturated rings. The van der Waals surface area contributed by atoms with Gasteiger partial charge in [-0.05, 0) is 37.0 Å². The zero-order valence-electron chi connectivity index (χ0n) is 9.88. The third kappa shape index (κ3) is 3.59. The van der Waals surface area contributed by atoms with E-state index < -0.39 is 0 Å². The largest absolute Gasteiger partial charge is 0.381 e. The predicted molar refractivity (Wildman–Crippen MR) is 71.7 cm³/mol. The van der Waals surface area contributed by atoms with Crippen LogP contribution < -0.4 is 5.32 Å². The van der Waals surface area contributed by atoms with Crippen molar-refractivity contribution in [3.63, 3.8) is 0 Å². The monoisotopic (exact) mass is 273 g/mol. The van der Waals surface area contributed by atoms with Crippen molar-refractivity contribution >= 4 is 23.2 Å². The lowest BCUT2D eigenvalue weighted by atomic mass is 10.2. The Kier molecular flexibility index (Phi) is 4.69. The van der Waals surface area contributed by atoms with E-state index in [-0.39, 0.29) is 0 Å². The van der Waals surface area contributed by atoms with Crippen LogP contribution in [0.3, 0.4) is 0 Å². The molecule has 1 saturated carbocycles. The fourth-order valence-corrected chi connectivity index (χ4v) is 2.57. The topological polar surface area (TPSA) is 21.3 Å². The van der Waals surface area contributed by atoms with Crippen molar-refractivity contribution in [1.82, 2.24) is 5.32 Å². The molecule has 1 aliphatic rings. The van der Waals surface area contributed by atoms with Crippen molar-refractivity contribution in [3.05, 3.63) is 33.8 Å². The Morgan fingerprint density at radius 1 is 1.29 bits per heavy atom. The minimum atomic E-state index is 0.418. The first kappa shape index (κ1) is 13.2. The fraction of sp³-hybridized carbons (Fsp3) is 0.538. The number of halogens is 2. The zero-order valence-corrected chi connectivity index (χ0v) is 11.4. The van der Waals surface area contributed by atoms with Gasteiger partial charge in [0.05, 0.1) is 16.1 Å². The molecule has 1 N–H and O–H groups in total. The molecule has 1 aromatic carbocycles. The second-order valence-electron chi connectivity index (χ2n) is 4.50. The Morgan fingerprint density at radius 2 is 2.12 bits per heavy atom. The highest BCUT2D eigenvalue weighted by molar-refractivity contribution is 6.42. The molecule has 0 aromatic heterocycles. The summed E-state index contributed by atoms with van der Waals surface area (Å²) >= 11 is 11.9. The summed E-state index contributed by atoms with van der Waals surface area (Å²) in [4.78, 5) is 0. The molecule has 1 aliphatic carbocycles. The van der Waals surface area contributed by atoms with Crippen molar-refractivity contribution in [2.24, 2.45) is 0 Å². The molecule has 2 atom stereocenters. The van der Waals surface area contributed by atoms with E-state index in [1.165, 1.54) is 12.0 Å². The van der Waals surface area contributed by atoms with Gasteiger partial charge in [-0.15, -0.1) is 0 Å². The first-order chi connectivity index (χ1) is 8.19. The number of ether oxygens (including phenoxy) is 1. The summed E-state index contributed by atoms with van der Waals surface area (Å²) in [5.41, 5.74) is 1.17. The average Bonchev–Trinajstić information content (AvgIpc) is 2.79. The molecular weight excluding hydrogens is 257 g/mol. The maximum Gasteiger partial charge on any atom is 0.0595 e. The van der Waals surface area contributed by atoms with Crippen LogP contribution >= 0.6 is 23.2 Å². The second-order valence-corrected chi connectivity index (χ2v) is 5.31. The molecule has 0 spiro atoms. The average molecular weight is 274 g/mol. The number of nitrogens with one attached hydrogen (secondary N) is 1. The first-order valence-corrected chi connectivity index (χ1v) is 6.64. The van der Waals surface area contributed by atoms with E-state index in [2.05, 4.69) is 5.32 Å².